The monoisotopic (exact) mass is 367 g/mol. The zero-order valence-electron chi connectivity index (χ0n) is 11.9. The Hall–Kier alpha value is -2.15. The Balaban J connectivity index is 1.86. The van der Waals surface area contributed by atoms with Crippen LogP contribution in [0.1, 0.15) is 11.1 Å². The third-order valence-corrected chi connectivity index (χ3v) is 3.64. The van der Waals surface area contributed by atoms with Crippen molar-refractivity contribution in [3.63, 3.8) is 0 Å². The van der Waals surface area contributed by atoms with Gasteiger partial charge in [-0.15, -0.1) is 0 Å². The van der Waals surface area contributed by atoms with Crippen molar-refractivity contribution in [2.45, 2.75) is 6.92 Å². The topological polar surface area (TPSA) is 72.9 Å². The summed E-state index contributed by atoms with van der Waals surface area (Å²) in [6.45, 7) is 1.82. The number of rotatable bonds is 4. The van der Waals surface area contributed by atoms with E-state index in [1.165, 1.54) is 6.08 Å². The van der Waals surface area contributed by atoms with Gasteiger partial charge in [-0.1, -0.05) is 28.1 Å². The van der Waals surface area contributed by atoms with E-state index < -0.39 is 24.6 Å². The Bertz CT molecular complexity index is 641. The molecule has 0 aromatic heterocycles. The van der Waals surface area contributed by atoms with Gasteiger partial charge >= 0.3 is 12.1 Å². The predicted molar refractivity (Wildman–Crippen MR) is 81.9 cm³/mol. The first-order valence-electron chi connectivity index (χ1n) is 6.55. The summed E-state index contributed by atoms with van der Waals surface area (Å²) in [4.78, 5) is 35.3. The van der Waals surface area contributed by atoms with E-state index in [0.717, 1.165) is 20.5 Å². The van der Waals surface area contributed by atoms with Crippen molar-refractivity contribution in [2.75, 3.05) is 19.8 Å². The molecule has 0 spiro atoms. The SMILES string of the molecule is Cc1ccc(/C=C/C(=O)OCC(=O)N2CCOC2=O)c(Br)c1. The van der Waals surface area contributed by atoms with E-state index in [0.29, 0.717) is 0 Å². The van der Waals surface area contributed by atoms with Gasteiger partial charge in [-0.3, -0.25) is 4.79 Å². The first kappa shape index (κ1) is 16.2. The molecule has 22 heavy (non-hydrogen) atoms. The van der Waals surface area contributed by atoms with Gasteiger partial charge in [0, 0.05) is 10.5 Å². The highest BCUT2D eigenvalue weighted by Gasteiger charge is 2.28. The minimum absolute atomic E-state index is 0.167. The van der Waals surface area contributed by atoms with Crippen molar-refractivity contribution >= 4 is 40.0 Å². The molecule has 1 aromatic rings. The van der Waals surface area contributed by atoms with E-state index in [4.69, 9.17) is 4.74 Å². The number of benzene rings is 1. The Kier molecular flexibility index (Phi) is 5.32. The molecular formula is C15H14BrNO5. The maximum atomic E-state index is 11.6. The quantitative estimate of drug-likeness (QED) is 0.602. The Morgan fingerprint density at radius 1 is 1.45 bits per heavy atom. The van der Waals surface area contributed by atoms with Crippen LogP contribution in [-0.2, 0) is 19.1 Å². The van der Waals surface area contributed by atoms with Crippen LogP contribution in [0.15, 0.2) is 28.7 Å². The molecule has 1 aromatic carbocycles. The number of hydrogen-bond donors (Lipinski definition) is 0. The first-order valence-corrected chi connectivity index (χ1v) is 7.35. The molecule has 2 amide bonds. The number of carbonyl (C=O) groups is 3. The highest BCUT2D eigenvalue weighted by Crippen LogP contribution is 2.19. The number of halogens is 1. The molecule has 0 aliphatic carbocycles. The van der Waals surface area contributed by atoms with Crippen LogP contribution < -0.4 is 0 Å². The second-order valence-corrected chi connectivity index (χ2v) is 5.48. The van der Waals surface area contributed by atoms with E-state index in [2.05, 4.69) is 20.7 Å². The summed E-state index contributed by atoms with van der Waals surface area (Å²) in [5.74, 6) is -1.26. The molecule has 0 radical (unpaired) electrons. The number of nitrogens with zero attached hydrogens (tertiary/aromatic N) is 1. The van der Waals surface area contributed by atoms with Crippen molar-refractivity contribution in [3.05, 3.63) is 39.9 Å². The van der Waals surface area contributed by atoms with Gasteiger partial charge in [0.2, 0.25) is 0 Å². The number of ether oxygens (including phenoxy) is 2. The lowest BCUT2D eigenvalue weighted by Crippen LogP contribution is -2.35. The van der Waals surface area contributed by atoms with Crippen molar-refractivity contribution < 1.29 is 23.9 Å². The van der Waals surface area contributed by atoms with E-state index in [1.807, 2.05) is 25.1 Å². The summed E-state index contributed by atoms with van der Waals surface area (Å²) in [5.41, 5.74) is 1.91. The Morgan fingerprint density at radius 2 is 2.23 bits per heavy atom. The second kappa shape index (κ2) is 7.22. The Morgan fingerprint density at radius 3 is 2.86 bits per heavy atom. The van der Waals surface area contributed by atoms with Crippen LogP contribution in [-0.4, -0.2) is 42.6 Å². The lowest BCUT2D eigenvalue weighted by atomic mass is 10.1. The normalized spacial score (nSPS) is 14.3. The summed E-state index contributed by atoms with van der Waals surface area (Å²) < 4.78 is 10.3. The lowest BCUT2D eigenvalue weighted by Gasteiger charge is -2.09. The van der Waals surface area contributed by atoms with Crippen LogP contribution in [0.4, 0.5) is 4.79 Å². The summed E-state index contributed by atoms with van der Waals surface area (Å²) in [6.07, 6.45) is 2.10. The fourth-order valence-electron chi connectivity index (χ4n) is 1.80. The molecule has 0 bridgehead atoms. The van der Waals surface area contributed by atoms with Crippen LogP contribution in [0.25, 0.3) is 6.08 Å². The fourth-order valence-corrected chi connectivity index (χ4v) is 2.43. The number of esters is 1. The van der Waals surface area contributed by atoms with Gasteiger partial charge in [-0.2, -0.15) is 0 Å². The lowest BCUT2D eigenvalue weighted by molar-refractivity contribution is -0.146. The van der Waals surface area contributed by atoms with Crippen LogP contribution >= 0.6 is 15.9 Å². The average Bonchev–Trinajstić information content (AvgIpc) is 2.90. The van der Waals surface area contributed by atoms with Gasteiger partial charge in [-0.05, 0) is 30.2 Å². The molecule has 1 aliphatic heterocycles. The van der Waals surface area contributed by atoms with E-state index >= 15 is 0 Å². The molecule has 1 fully saturated rings. The second-order valence-electron chi connectivity index (χ2n) is 4.63. The summed E-state index contributed by atoms with van der Waals surface area (Å²) in [5, 5.41) is 0. The number of cyclic esters (lactones) is 1. The molecular weight excluding hydrogens is 354 g/mol. The Labute approximate surface area is 135 Å². The highest BCUT2D eigenvalue weighted by molar-refractivity contribution is 9.10. The van der Waals surface area contributed by atoms with Gasteiger partial charge in [0.05, 0.1) is 6.54 Å². The molecule has 0 saturated carbocycles. The number of hydrogen-bond acceptors (Lipinski definition) is 5. The maximum absolute atomic E-state index is 11.6. The molecule has 1 heterocycles. The van der Waals surface area contributed by atoms with Crippen LogP contribution in [0, 0.1) is 6.92 Å². The van der Waals surface area contributed by atoms with E-state index in [-0.39, 0.29) is 13.2 Å². The molecule has 0 N–H and O–H groups in total. The number of aryl methyl sites for hydroxylation is 1. The molecule has 1 aliphatic rings. The van der Waals surface area contributed by atoms with Gasteiger partial charge in [0.25, 0.3) is 5.91 Å². The highest BCUT2D eigenvalue weighted by atomic mass is 79.9. The third-order valence-electron chi connectivity index (χ3n) is 2.95. The van der Waals surface area contributed by atoms with Gasteiger partial charge in [-0.25, -0.2) is 14.5 Å². The minimum Gasteiger partial charge on any atom is -0.452 e. The molecule has 0 unspecified atom stereocenters. The standard InChI is InChI=1S/C15H14BrNO5/c1-10-2-3-11(12(16)8-10)4-5-14(19)22-9-13(18)17-6-7-21-15(17)20/h2-5,8H,6-7,9H2,1H3/b5-4+. The van der Waals surface area contributed by atoms with Crippen LogP contribution in [0.3, 0.4) is 0 Å². The molecule has 7 heteroatoms. The zero-order valence-corrected chi connectivity index (χ0v) is 13.5. The molecule has 6 nitrogen and oxygen atoms in total. The van der Waals surface area contributed by atoms with E-state index in [1.54, 1.807) is 6.08 Å². The summed E-state index contributed by atoms with van der Waals surface area (Å²) >= 11 is 3.40. The van der Waals surface area contributed by atoms with Gasteiger partial charge in [0.1, 0.15) is 6.61 Å². The number of amides is 2. The first-order chi connectivity index (χ1) is 10.5. The maximum Gasteiger partial charge on any atom is 0.416 e. The molecule has 0 atom stereocenters. The van der Waals surface area contributed by atoms with Crippen LogP contribution in [0.5, 0.6) is 0 Å². The smallest absolute Gasteiger partial charge is 0.416 e. The fraction of sp³-hybridized carbons (Fsp3) is 0.267. The average molecular weight is 368 g/mol. The summed E-state index contributed by atoms with van der Waals surface area (Å²) in [7, 11) is 0. The van der Waals surface area contributed by atoms with Crippen LogP contribution in [0.2, 0.25) is 0 Å². The summed E-state index contributed by atoms with van der Waals surface area (Å²) in [6, 6.07) is 5.69. The van der Waals surface area contributed by atoms with E-state index in [9.17, 15) is 14.4 Å². The number of imide groups is 1. The minimum atomic E-state index is -0.708. The van der Waals surface area contributed by atoms with Gasteiger partial charge < -0.3 is 9.47 Å². The predicted octanol–water partition coefficient (Wildman–Crippen LogP) is 2.29. The van der Waals surface area contributed by atoms with Crippen molar-refractivity contribution in [2.24, 2.45) is 0 Å². The van der Waals surface area contributed by atoms with Crippen molar-refractivity contribution in [1.29, 1.82) is 0 Å². The third kappa shape index (κ3) is 4.17. The van der Waals surface area contributed by atoms with Gasteiger partial charge in [0.15, 0.2) is 6.61 Å². The molecule has 2 rings (SSSR count). The molecule has 1 saturated heterocycles. The zero-order chi connectivity index (χ0) is 16.1. The van der Waals surface area contributed by atoms with Crippen molar-refractivity contribution in [1.82, 2.24) is 4.90 Å². The largest absolute Gasteiger partial charge is 0.452 e. The van der Waals surface area contributed by atoms with Crippen molar-refractivity contribution in [3.8, 4) is 0 Å². The molecule has 116 valence electrons. The number of carbonyl (C=O) groups excluding carboxylic acids is 3.